The number of anilines is 1. The van der Waals surface area contributed by atoms with Crippen molar-refractivity contribution in [3.05, 3.63) is 113 Å². The molecule has 0 unspecified atom stereocenters. The highest BCUT2D eigenvalue weighted by atomic mass is 16.5. The lowest BCUT2D eigenvalue weighted by molar-refractivity contribution is -0.147. The second-order valence-electron chi connectivity index (χ2n) is 8.27. The van der Waals surface area contributed by atoms with Crippen molar-refractivity contribution in [3.8, 4) is 5.69 Å². The predicted molar refractivity (Wildman–Crippen MR) is 131 cm³/mol. The van der Waals surface area contributed by atoms with Gasteiger partial charge in [0, 0.05) is 29.3 Å². The van der Waals surface area contributed by atoms with E-state index in [4.69, 9.17) is 4.74 Å². The number of aromatic nitrogens is 2. The summed E-state index contributed by atoms with van der Waals surface area (Å²) in [7, 11) is 0. The Balaban J connectivity index is 1.17. The van der Waals surface area contributed by atoms with Gasteiger partial charge in [-0.2, -0.15) is 5.10 Å². The van der Waals surface area contributed by atoms with E-state index >= 15 is 0 Å². The van der Waals surface area contributed by atoms with Gasteiger partial charge in [0.25, 0.3) is 5.91 Å². The molecule has 1 aromatic heterocycles. The fourth-order valence-electron chi connectivity index (χ4n) is 4.11. The van der Waals surface area contributed by atoms with E-state index in [1.54, 1.807) is 53.3 Å². The number of aryl methyl sites for hydroxylation is 1. The maximum atomic E-state index is 13.0. The van der Waals surface area contributed by atoms with Crippen LogP contribution < -0.4 is 5.32 Å². The third-order valence-electron chi connectivity index (χ3n) is 5.87. The number of fused-ring (bicyclic) bond motifs is 2. The van der Waals surface area contributed by atoms with Crippen LogP contribution in [0.1, 0.15) is 43.8 Å². The molecule has 5 rings (SSSR count). The highest BCUT2D eigenvalue weighted by molar-refractivity contribution is 6.30. The Hall–Kier alpha value is -4.85. The third kappa shape index (κ3) is 4.56. The second kappa shape index (κ2) is 9.79. The fourth-order valence-corrected chi connectivity index (χ4v) is 4.11. The minimum absolute atomic E-state index is 0.0816. The van der Waals surface area contributed by atoms with Crippen LogP contribution in [0, 0.1) is 0 Å². The Morgan fingerprint density at radius 1 is 0.833 bits per heavy atom. The minimum Gasteiger partial charge on any atom is -0.456 e. The molecular weight excluding hydrogens is 458 g/mol. The average Bonchev–Trinajstić information content (AvgIpc) is 3.39. The van der Waals surface area contributed by atoms with Crippen molar-refractivity contribution >= 4 is 29.1 Å². The SMILES string of the molecule is O=C(COC(=O)CCc1cnn(-c2ccccc2)c1)Nc1cccc2c1C(=O)c1ccccc1C2=O. The van der Waals surface area contributed by atoms with Crippen molar-refractivity contribution in [1.29, 1.82) is 0 Å². The largest absolute Gasteiger partial charge is 0.456 e. The lowest BCUT2D eigenvalue weighted by Crippen LogP contribution is -2.26. The van der Waals surface area contributed by atoms with E-state index in [1.807, 2.05) is 36.5 Å². The smallest absolute Gasteiger partial charge is 0.306 e. The quantitative estimate of drug-likeness (QED) is 0.356. The van der Waals surface area contributed by atoms with Crippen molar-refractivity contribution in [1.82, 2.24) is 9.78 Å². The van der Waals surface area contributed by atoms with Gasteiger partial charge in [-0.15, -0.1) is 0 Å². The predicted octanol–water partition coefficient (Wildman–Crippen LogP) is 3.76. The van der Waals surface area contributed by atoms with Gasteiger partial charge >= 0.3 is 5.97 Å². The molecule has 0 saturated carbocycles. The van der Waals surface area contributed by atoms with Crippen LogP contribution >= 0.6 is 0 Å². The number of nitrogens with one attached hydrogen (secondary N) is 1. The maximum Gasteiger partial charge on any atom is 0.306 e. The molecule has 1 heterocycles. The zero-order chi connectivity index (χ0) is 25.1. The van der Waals surface area contributed by atoms with Gasteiger partial charge in [-0.1, -0.05) is 54.6 Å². The van der Waals surface area contributed by atoms with Crippen LogP contribution in [0.4, 0.5) is 5.69 Å². The zero-order valence-corrected chi connectivity index (χ0v) is 19.1. The van der Waals surface area contributed by atoms with Gasteiger partial charge in [0.1, 0.15) is 0 Å². The molecule has 4 aromatic rings. The zero-order valence-electron chi connectivity index (χ0n) is 19.1. The Morgan fingerprint density at radius 2 is 1.53 bits per heavy atom. The Bertz CT molecular complexity index is 1490. The number of para-hydroxylation sites is 1. The number of nitrogens with zero attached hydrogens (tertiary/aromatic N) is 2. The van der Waals surface area contributed by atoms with Gasteiger partial charge < -0.3 is 10.1 Å². The van der Waals surface area contributed by atoms with Crippen molar-refractivity contribution in [3.63, 3.8) is 0 Å². The molecule has 1 aliphatic rings. The summed E-state index contributed by atoms with van der Waals surface area (Å²) in [6.07, 6.45) is 4.01. The normalized spacial score (nSPS) is 12.0. The molecule has 1 N–H and O–H groups in total. The number of rotatable bonds is 7. The monoisotopic (exact) mass is 479 g/mol. The van der Waals surface area contributed by atoms with E-state index in [0.29, 0.717) is 17.5 Å². The third-order valence-corrected chi connectivity index (χ3v) is 5.87. The van der Waals surface area contributed by atoms with E-state index < -0.39 is 18.5 Å². The van der Waals surface area contributed by atoms with Crippen LogP contribution in [0.15, 0.2) is 85.2 Å². The highest BCUT2D eigenvalue weighted by Crippen LogP contribution is 2.31. The second-order valence-corrected chi connectivity index (χ2v) is 8.27. The lowest BCUT2D eigenvalue weighted by atomic mass is 9.83. The summed E-state index contributed by atoms with van der Waals surface area (Å²) in [6.45, 7) is -0.509. The molecule has 3 aromatic carbocycles. The first-order valence-electron chi connectivity index (χ1n) is 11.4. The van der Waals surface area contributed by atoms with Gasteiger partial charge in [0.15, 0.2) is 18.2 Å². The number of amides is 1. The van der Waals surface area contributed by atoms with Gasteiger partial charge in [-0.25, -0.2) is 4.68 Å². The Morgan fingerprint density at radius 3 is 2.31 bits per heavy atom. The van der Waals surface area contributed by atoms with Gasteiger partial charge in [0.05, 0.1) is 23.1 Å². The molecule has 0 bridgehead atoms. The number of carbonyl (C=O) groups is 4. The van der Waals surface area contributed by atoms with Gasteiger partial charge in [-0.3, -0.25) is 19.2 Å². The number of esters is 1. The Labute approximate surface area is 206 Å². The number of carbonyl (C=O) groups excluding carboxylic acids is 4. The van der Waals surface area contributed by atoms with Crippen LogP contribution in [0.2, 0.25) is 0 Å². The summed E-state index contributed by atoms with van der Waals surface area (Å²) in [5.74, 6) is -1.76. The van der Waals surface area contributed by atoms with Crippen LogP contribution in [-0.4, -0.2) is 39.8 Å². The number of hydrogen-bond acceptors (Lipinski definition) is 6. The standard InChI is InChI=1S/C28H21N3O5/c32-24(17-36-25(33)14-13-18-15-29-31(16-18)19-7-2-1-3-8-19)30-23-12-6-11-22-26(23)28(35)21-10-5-4-9-20(21)27(22)34/h1-12,15-16H,13-14,17H2,(H,30,32). The maximum absolute atomic E-state index is 13.0. The summed E-state index contributed by atoms with van der Waals surface area (Å²) in [5.41, 5.74) is 2.96. The molecule has 0 radical (unpaired) electrons. The van der Waals surface area contributed by atoms with Crippen molar-refractivity contribution < 1.29 is 23.9 Å². The van der Waals surface area contributed by atoms with Crippen LogP contribution in [0.5, 0.6) is 0 Å². The van der Waals surface area contributed by atoms with Crippen LogP contribution in [0.25, 0.3) is 5.69 Å². The number of ether oxygens (including phenoxy) is 1. The number of benzene rings is 3. The van der Waals surface area contributed by atoms with E-state index in [1.165, 1.54) is 0 Å². The average molecular weight is 479 g/mol. The summed E-state index contributed by atoms with van der Waals surface area (Å²) in [6, 6.07) is 20.9. The number of ketones is 2. The van der Waals surface area contributed by atoms with Crippen molar-refractivity contribution in [2.75, 3.05) is 11.9 Å². The topological polar surface area (TPSA) is 107 Å². The summed E-state index contributed by atoms with van der Waals surface area (Å²) in [5, 5.41) is 6.90. The van der Waals surface area contributed by atoms with E-state index in [9.17, 15) is 19.2 Å². The first-order valence-corrected chi connectivity index (χ1v) is 11.4. The molecule has 0 atom stereocenters. The van der Waals surface area contributed by atoms with E-state index in [0.717, 1.165) is 11.3 Å². The fraction of sp³-hybridized carbons (Fsp3) is 0.107. The molecular formula is C28H21N3O5. The molecule has 0 spiro atoms. The first kappa shape index (κ1) is 22.9. The highest BCUT2D eigenvalue weighted by Gasteiger charge is 2.31. The van der Waals surface area contributed by atoms with E-state index in [2.05, 4.69) is 10.4 Å². The summed E-state index contributed by atoms with van der Waals surface area (Å²) in [4.78, 5) is 50.5. The number of hydrogen-bond donors (Lipinski definition) is 1. The van der Waals surface area contributed by atoms with Crippen LogP contribution in [-0.2, 0) is 20.7 Å². The van der Waals surface area contributed by atoms with Crippen molar-refractivity contribution in [2.45, 2.75) is 12.8 Å². The molecule has 0 aliphatic heterocycles. The van der Waals surface area contributed by atoms with Gasteiger partial charge in [-0.05, 0) is 30.2 Å². The minimum atomic E-state index is -0.604. The van der Waals surface area contributed by atoms with Crippen LogP contribution in [0.3, 0.4) is 0 Å². The molecule has 0 saturated heterocycles. The van der Waals surface area contributed by atoms with E-state index in [-0.39, 0.29) is 34.8 Å². The molecule has 1 aliphatic carbocycles. The molecule has 36 heavy (non-hydrogen) atoms. The molecule has 1 amide bonds. The first-order chi connectivity index (χ1) is 17.5. The molecule has 178 valence electrons. The molecule has 8 nitrogen and oxygen atoms in total. The molecule has 8 heteroatoms. The summed E-state index contributed by atoms with van der Waals surface area (Å²) < 4.78 is 6.83. The van der Waals surface area contributed by atoms with Crippen molar-refractivity contribution in [2.24, 2.45) is 0 Å². The lowest BCUT2D eigenvalue weighted by Gasteiger charge is -2.20. The summed E-state index contributed by atoms with van der Waals surface area (Å²) >= 11 is 0. The molecule has 0 fully saturated rings. The van der Waals surface area contributed by atoms with Gasteiger partial charge in [0.2, 0.25) is 0 Å². The Kier molecular flexibility index (Phi) is 6.23.